The Morgan fingerprint density at radius 1 is 1.42 bits per heavy atom. The van der Waals surface area contributed by atoms with E-state index in [0.29, 0.717) is 21.5 Å². The fourth-order valence-corrected chi connectivity index (χ4v) is 2.24. The van der Waals surface area contributed by atoms with Crippen molar-refractivity contribution >= 4 is 33.2 Å². The molecule has 0 aliphatic heterocycles. The Kier molecular flexibility index (Phi) is 3.61. The molecule has 0 radical (unpaired) electrons. The van der Waals surface area contributed by atoms with Gasteiger partial charge in [0.15, 0.2) is 0 Å². The predicted octanol–water partition coefficient (Wildman–Crippen LogP) is 3.07. The second-order valence-corrected chi connectivity index (χ2v) is 5.16. The van der Waals surface area contributed by atoms with E-state index in [4.69, 9.17) is 5.73 Å². The second-order valence-electron chi connectivity index (χ2n) is 4.30. The molecule has 0 aliphatic carbocycles. The minimum atomic E-state index is -0.424. The summed E-state index contributed by atoms with van der Waals surface area (Å²) < 4.78 is 15.5. The molecular formula is C13H13BrFN3O. The summed E-state index contributed by atoms with van der Waals surface area (Å²) >= 11 is 3.10. The number of hydrogen-bond acceptors (Lipinski definition) is 2. The molecule has 1 amide bonds. The van der Waals surface area contributed by atoms with Crippen LogP contribution in [-0.4, -0.2) is 10.5 Å². The summed E-state index contributed by atoms with van der Waals surface area (Å²) in [6.07, 6.45) is 1.64. The van der Waals surface area contributed by atoms with Gasteiger partial charge < -0.3 is 15.6 Å². The van der Waals surface area contributed by atoms with Gasteiger partial charge in [-0.3, -0.25) is 4.79 Å². The average molecular weight is 326 g/mol. The maximum Gasteiger partial charge on any atom is 0.272 e. The highest BCUT2D eigenvalue weighted by molar-refractivity contribution is 9.10. The number of carbonyl (C=O) groups is 1. The molecule has 0 fully saturated rings. The molecule has 2 rings (SSSR count). The zero-order valence-corrected chi connectivity index (χ0v) is 12.1. The standard InChI is InChI=1S/C13H13BrFN3O/c1-7-3-9(14)10(15)5-11(7)17-13(19)12-4-8(16)6-18(12)2/h3-6H,16H2,1-2H3,(H,17,19). The van der Waals surface area contributed by atoms with Gasteiger partial charge >= 0.3 is 0 Å². The Balaban J connectivity index is 2.29. The van der Waals surface area contributed by atoms with Crippen LogP contribution >= 0.6 is 15.9 Å². The van der Waals surface area contributed by atoms with Crippen LogP contribution in [0.2, 0.25) is 0 Å². The number of aryl methyl sites for hydroxylation is 2. The number of carbonyl (C=O) groups excluding carboxylic acids is 1. The fraction of sp³-hybridized carbons (Fsp3) is 0.154. The molecule has 0 aliphatic rings. The summed E-state index contributed by atoms with van der Waals surface area (Å²) in [7, 11) is 1.72. The van der Waals surface area contributed by atoms with Crippen LogP contribution in [0.15, 0.2) is 28.9 Å². The van der Waals surface area contributed by atoms with E-state index in [-0.39, 0.29) is 5.91 Å². The molecule has 1 aromatic carbocycles. The number of nitrogens with one attached hydrogen (secondary N) is 1. The van der Waals surface area contributed by atoms with Gasteiger partial charge in [-0.05, 0) is 46.6 Å². The maximum atomic E-state index is 13.5. The van der Waals surface area contributed by atoms with Crippen molar-refractivity contribution in [2.45, 2.75) is 6.92 Å². The predicted molar refractivity (Wildman–Crippen MR) is 76.6 cm³/mol. The first-order valence-electron chi connectivity index (χ1n) is 5.57. The Bertz CT molecular complexity index is 652. The normalized spacial score (nSPS) is 10.5. The molecule has 0 bridgehead atoms. The van der Waals surface area contributed by atoms with Gasteiger partial charge in [0.2, 0.25) is 0 Å². The summed E-state index contributed by atoms with van der Waals surface area (Å²) in [4.78, 5) is 12.1. The van der Waals surface area contributed by atoms with E-state index in [9.17, 15) is 9.18 Å². The van der Waals surface area contributed by atoms with Gasteiger partial charge in [0.1, 0.15) is 11.5 Å². The highest BCUT2D eigenvalue weighted by atomic mass is 79.9. The summed E-state index contributed by atoms with van der Waals surface area (Å²) in [5, 5.41) is 2.67. The van der Waals surface area contributed by atoms with Crippen molar-refractivity contribution in [2.24, 2.45) is 7.05 Å². The minimum absolute atomic E-state index is 0.330. The van der Waals surface area contributed by atoms with E-state index in [1.165, 1.54) is 6.07 Å². The molecule has 4 nitrogen and oxygen atoms in total. The Hall–Kier alpha value is -1.82. The van der Waals surface area contributed by atoms with Crippen molar-refractivity contribution in [1.29, 1.82) is 0 Å². The van der Waals surface area contributed by atoms with Crippen LogP contribution < -0.4 is 11.1 Å². The van der Waals surface area contributed by atoms with E-state index in [1.54, 1.807) is 36.9 Å². The van der Waals surface area contributed by atoms with Crippen molar-refractivity contribution in [3.8, 4) is 0 Å². The third-order valence-electron chi connectivity index (χ3n) is 2.77. The van der Waals surface area contributed by atoms with Crippen LogP contribution in [0.3, 0.4) is 0 Å². The lowest BCUT2D eigenvalue weighted by Gasteiger charge is -2.10. The number of aromatic nitrogens is 1. The Morgan fingerprint density at radius 2 is 2.11 bits per heavy atom. The molecule has 19 heavy (non-hydrogen) atoms. The zero-order valence-electron chi connectivity index (χ0n) is 10.5. The lowest BCUT2D eigenvalue weighted by molar-refractivity contribution is 0.101. The average Bonchev–Trinajstić information content (AvgIpc) is 2.65. The third-order valence-corrected chi connectivity index (χ3v) is 3.38. The molecule has 0 saturated heterocycles. The summed E-state index contributed by atoms with van der Waals surface area (Å²) in [5.41, 5.74) is 7.74. The number of anilines is 2. The number of nitrogens with two attached hydrogens (primary N) is 1. The molecule has 6 heteroatoms. The highest BCUT2D eigenvalue weighted by Gasteiger charge is 2.13. The summed E-state index contributed by atoms with van der Waals surface area (Å²) in [6.45, 7) is 1.79. The lowest BCUT2D eigenvalue weighted by Crippen LogP contribution is -2.16. The van der Waals surface area contributed by atoms with E-state index in [2.05, 4.69) is 21.2 Å². The van der Waals surface area contributed by atoms with Crippen LogP contribution in [0.1, 0.15) is 16.1 Å². The van der Waals surface area contributed by atoms with E-state index >= 15 is 0 Å². The first-order chi connectivity index (χ1) is 8.88. The van der Waals surface area contributed by atoms with Gasteiger partial charge in [0.05, 0.1) is 10.2 Å². The van der Waals surface area contributed by atoms with Gasteiger partial charge in [0.25, 0.3) is 5.91 Å². The number of amides is 1. The molecule has 2 aromatic rings. The Labute approximate surface area is 118 Å². The van der Waals surface area contributed by atoms with Gasteiger partial charge in [-0.25, -0.2) is 4.39 Å². The smallest absolute Gasteiger partial charge is 0.272 e. The maximum absolute atomic E-state index is 13.5. The van der Waals surface area contributed by atoms with E-state index < -0.39 is 5.82 Å². The topological polar surface area (TPSA) is 60.1 Å². The molecule has 0 spiro atoms. The molecule has 100 valence electrons. The van der Waals surface area contributed by atoms with Crippen molar-refractivity contribution in [3.05, 3.63) is 45.9 Å². The number of rotatable bonds is 2. The number of hydrogen-bond donors (Lipinski definition) is 2. The van der Waals surface area contributed by atoms with Crippen molar-refractivity contribution in [1.82, 2.24) is 4.57 Å². The largest absolute Gasteiger partial charge is 0.397 e. The van der Waals surface area contributed by atoms with Gasteiger partial charge in [-0.1, -0.05) is 0 Å². The number of halogens is 2. The molecule has 1 aromatic heterocycles. The molecule has 0 atom stereocenters. The first-order valence-corrected chi connectivity index (χ1v) is 6.36. The number of nitrogen functional groups attached to an aromatic ring is 1. The van der Waals surface area contributed by atoms with Gasteiger partial charge in [-0.2, -0.15) is 0 Å². The SMILES string of the molecule is Cc1cc(Br)c(F)cc1NC(=O)c1cc(N)cn1C. The lowest BCUT2D eigenvalue weighted by atomic mass is 10.2. The Morgan fingerprint density at radius 3 is 2.68 bits per heavy atom. The van der Waals surface area contributed by atoms with Gasteiger partial charge in [-0.15, -0.1) is 0 Å². The van der Waals surface area contributed by atoms with Crippen molar-refractivity contribution < 1.29 is 9.18 Å². The quantitative estimate of drug-likeness (QED) is 0.891. The third kappa shape index (κ3) is 2.78. The van der Waals surface area contributed by atoms with Crippen LogP contribution in [0, 0.1) is 12.7 Å². The highest BCUT2D eigenvalue weighted by Crippen LogP contribution is 2.24. The number of benzene rings is 1. The second kappa shape index (κ2) is 5.05. The van der Waals surface area contributed by atoms with Crippen molar-refractivity contribution in [2.75, 3.05) is 11.1 Å². The van der Waals surface area contributed by atoms with Crippen LogP contribution in [0.4, 0.5) is 15.8 Å². The van der Waals surface area contributed by atoms with E-state index in [0.717, 1.165) is 5.56 Å². The summed E-state index contributed by atoms with van der Waals surface area (Å²) in [6, 6.07) is 4.47. The molecule has 3 N–H and O–H groups in total. The monoisotopic (exact) mass is 325 g/mol. The zero-order chi connectivity index (χ0) is 14.2. The van der Waals surface area contributed by atoms with Crippen molar-refractivity contribution in [3.63, 3.8) is 0 Å². The van der Waals surface area contributed by atoms with Gasteiger partial charge in [0, 0.05) is 18.9 Å². The van der Waals surface area contributed by atoms with Crippen LogP contribution in [0.25, 0.3) is 0 Å². The minimum Gasteiger partial charge on any atom is -0.397 e. The molecular weight excluding hydrogens is 313 g/mol. The fourth-order valence-electron chi connectivity index (χ4n) is 1.78. The molecule has 1 heterocycles. The molecule has 0 unspecified atom stereocenters. The van der Waals surface area contributed by atoms with Crippen LogP contribution in [0.5, 0.6) is 0 Å². The summed E-state index contributed by atoms with van der Waals surface area (Å²) in [5.74, 6) is -0.753. The molecule has 0 saturated carbocycles. The van der Waals surface area contributed by atoms with Crippen LogP contribution in [-0.2, 0) is 7.05 Å². The number of nitrogens with zero attached hydrogens (tertiary/aromatic N) is 1. The first kappa shape index (κ1) is 13.6. The van der Waals surface area contributed by atoms with E-state index in [1.807, 2.05) is 0 Å².